The van der Waals surface area contributed by atoms with Crippen molar-refractivity contribution in [1.29, 1.82) is 0 Å². The summed E-state index contributed by atoms with van der Waals surface area (Å²) in [5.74, 6) is -1.51. The quantitative estimate of drug-likeness (QED) is 0.645. The van der Waals surface area contributed by atoms with E-state index in [1.54, 1.807) is 53.2 Å². The van der Waals surface area contributed by atoms with Crippen molar-refractivity contribution in [3.8, 4) is 5.75 Å². The molecule has 0 atom stereocenters. The topological polar surface area (TPSA) is 59.4 Å². The fourth-order valence-corrected chi connectivity index (χ4v) is 3.33. The summed E-state index contributed by atoms with van der Waals surface area (Å²) in [4.78, 5) is 13.9. The maximum absolute atomic E-state index is 13.0. The first kappa shape index (κ1) is 19.9. The van der Waals surface area contributed by atoms with Crippen LogP contribution in [0, 0.1) is 0 Å². The molecule has 1 fully saturated rings. The number of carbonyl (C=O) groups excluding carboxylic acids is 1. The minimum Gasteiger partial charge on any atom is -0.497 e. The van der Waals surface area contributed by atoms with Crippen molar-refractivity contribution in [2.75, 3.05) is 30.4 Å². The SMILES string of the molecule is COc1ccc(Cn2ccc(NC(=O)Cc3ccc(N4CC(F)(F)C4)cc3)n2)cc1. The molecule has 156 valence electrons. The Morgan fingerprint density at radius 2 is 1.73 bits per heavy atom. The number of methoxy groups -OCH3 is 1. The van der Waals surface area contributed by atoms with E-state index in [1.807, 2.05) is 24.3 Å². The molecule has 2 heterocycles. The zero-order chi connectivity index (χ0) is 21.1. The van der Waals surface area contributed by atoms with Gasteiger partial charge in [0, 0.05) is 18.0 Å². The molecule has 0 unspecified atom stereocenters. The first-order valence-electron chi connectivity index (χ1n) is 9.58. The lowest BCUT2D eigenvalue weighted by atomic mass is 10.1. The van der Waals surface area contributed by atoms with Crippen LogP contribution < -0.4 is 15.0 Å². The third kappa shape index (κ3) is 4.76. The molecule has 1 aliphatic heterocycles. The van der Waals surface area contributed by atoms with Gasteiger partial charge in [-0.25, -0.2) is 8.78 Å². The maximum atomic E-state index is 13.0. The summed E-state index contributed by atoms with van der Waals surface area (Å²) >= 11 is 0. The number of hydrogen-bond donors (Lipinski definition) is 1. The summed E-state index contributed by atoms with van der Waals surface area (Å²) in [6.45, 7) is 0.0644. The standard InChI is InChI=1S/C22H22F2N4O2/c1-30-19-8-4-17(5-9-19)13-28-11-10-20(26-28)25-21(29)12-16-2-6-18(7-3-16)27-14-22(23,24)15-27/h2-11H,12-15H2,1H3,(H,25,26,29). The lowest BCUT2D eigenvalue weighted by Crippen LogP contribution is -2.56. The van der Waals surface area contributed by atoms with Gasteiger partial charge in [0.15, 0.2) is 5.82 Å². The maximum Gasteiger partial charge on any atom is 0.282 e. The predicted octanol–water partition coefficient (Wildman–Crippen LogP) is 3.58. The molecule has 0 bridgehead atoms. The van der Waals surface area contributed by atoms with Crippen LogP contribution in [0.15, 0.2) is 60.8 Å². The van der Waals surface area contributed by atoms with E-state index in [-0.39, 0.29) is 25.4 Å². The van der Waals surface area contributed by atoms with Gasteiger partial charge in [0.2, 0.25) is 5.91 Å². The molecule has 1 aromatic heterocycles. The number of nitrogens with zero attached hydrogens (tertiary/aromatic N) is 3. The minimum absolute atomic E-state index is 0.182. The molecule has 0 saturated carbocycles. The Hall–Kier alpha value is -3.42. The van der Waals surface area contributed by atoms with Crippen molar-refractivity contribution < 1.29 is 18.3 Å². The molecule has 0 aliphatic carbocycles. The average Bonchev–Trinajstić information content (AvgIpc) is 3.14. The second-order valence-electron chi connectivity index (χ2n) is 7.35. The summed E-state index contributed by atoms with van der Waals surface area (Å²) in [5, 5.41) is 7.16. The number of benzene rings is 2. The van der Waals surface area contributed by atoms with Gasteiger partial charge < -0.3 is 15.0 Å². The van der Waals surface area contributed by atoms with Gasteiger partial charge in [0.25, 0.3) is 5.92 Å². The van der Waals surface area contributed by atoms with Gasteiger partial charge in [0.1, 0.15) is 5.75 Å². The Bertz CT molecular complexity index is 1010. The van der Waals surface area contributed by atoms with Crippen LogP contribution in [0.4, 0.5) is 20.3 Å². The normalized spacial score (nSPS) is 14.8. The number of anilines is 2. The van der Waals surface area contributed by atoms with Gasteiger partial charge in [0.05, 0.1) is 33.2 Å². The number of aromatic nitrogens is 2. The number of ether oxygens (including phenoxy) is 1. The highest BCUT2D eigenvalue weighted by Crippen LogP contribution is 2.31. The number of rotatable bonds is 7. The van der Waals surface area contributed by atoms with E-state index in [0.29, 0.717) is 12.4 Å². The second-order valence-corrected chi connectivity index (χ2v) is 7.35. The molecule has 0 spiro atoms. The Morgan fingerprint density at radius 1 is 1.07 bits per heavy atom. The van der Waals surface area contributed by atoms with Gasteiger partial charge in [-0.3, -0.25) is 9.48 Å². The van der Waals surface area contributed by atoms with Crippen LogP contribution in [-0.2, 0) is 17.8 Å². The monoisotopic (exact) mass is 412 g/mol. The summed E-state index contributed by atoms with van der Waals surface area (Å²) < 4.78 is 32.9. The second kappa shape index (κ2) is 8.14. The third-order valence-electron chi connectivity index (χ3n) is 4.92. The summed E-state index contributed by atoms with van der Waals surface area (Å²) in [6, 6.07) is 16.5. The lowest BCUT2D eigenvalue weighted by molar-refractivity contribution is -0.115. The van der Waals surface area contributed by atoms with Crippen LogP contribution in [0.5, 0.6) is 5.75 Å². The van der Waals surface area contributed by atoms with E-state index in [9.17, 15) is 13.6 Å². The van der Waals surface area contributed by atoms with Crippen molar-refractivity contribution in [1.82, 2.24) is 9.78 Å². The molecule has 1 saturated heterocycles. The molecule has 0 radical (unpaired) electrons. The van der Waals surface area contributed by atoms with Crippen LogP contribution in [0.2, 0.25) is 0 Å². The van der Waals surface area contributed by atoms with Crippen molar-refractivity contribution in [3.05, 3.63) is 71.9 Å². The van der Waals surface area contributed by atoms with Crippen LogP contribution in [-0.4, -0.2) is 41.8 Å². The molecular weight excluding hydrogens is 390 g/mol. The van der Waals surface area contributed by atoms with E-state index in [1.165, 1.54) is 0 Å². The summed E-state index contributed by atoms with van der Waals surface area (Å²) in [7, 11) is 1.62. The van der Waals surface area contributed by atoms with E-state index >= 15 is 0 Å². The first-order chi connectivity index (χ1) is 14.4. The van der Waals surface area contributed by atoms with Crippen LogP contribution >= 0.6 is 0 Å². The highest BCUT2D eigenvalue weighted by atomic mass is 19.3. The van der Waals surface area contributed by atoms with E-state index in [4.69, 9.17) is 4.74 Å². The highest BCUT2D eigenvalue weighted by Gasteiger charge is 2.43. The number of amides is 1. The van der Waals surface area contributed by atoms with Gasteiger partial charge in [-0.15, -0.1) is 0 Å². The molecule has 1 N–H and O–H groups in total. The molecule has 30 heavy (non-hydrogen) atoms. The number of alkyl halides is 2. The van der Waals surface area contributed by atoms with Crippen LogP contribution in [0.3, 0.4) is 0 Å². The average molecular weight is 412 g/mol. The number of hydrogen-bond acceptors (Lipinski definition) is 4. The Kier molecular flexibility index (Phi) is 5.39. The first-order valence-corrected chi connectivity index (χ1v) is 9.58. The van der Waals surface area contributed by atoms with Crippen LogP contribution in [0.1, 0.15) is 11.1 Å². The summed E-state index contributed by atoms with van der Waals surface area (Å²) in [6.07, 6.45) is 1.99. The van der Waals surface area contributed by atoms with Gasteiger partial charge >= 0.3 is 0 Å². The van der Waals surface area contributed by atoms with Crippen molar-refractivity contribution in [2.24, 2.45) is 0 Å². The lowest BCUT2D eigenvalue weighted by Gasteiger charge is -2.40. The molecule has 1 amide bonds. The zero-order valence-electron chi connectivity index (χ0n) is 16.5. The zero-order valence-corrected chi connectivity index (χ0v) is 16.5. The predicted molar refractivity (Wildman–Crippen MR) is 110 cm³/mol. The molecule has 4 rings (SSSR count). The highest BCUT2D eigenvalue weighted by molar-refractivity contribution is 5.91. The fraction of sp³-hybridized carbons (Fsp3) is 0.273. The van der Waals surface area contributed by atoms with Crippen molar-refractivity contribution in [3.63, 3.8) is 0 Å². The molecule has 2 aromatic carbocycles. The summed E-state index contributed by atoms with van der Waals surface area (Å²) in [5.41, 5.74) is 2.61. The molecule has 1 aliphatic rings. The van der Waals surface area contributed by atoms with Gasteiger partial charge in [-0.2, -0.15) is 5.10 Å². The Labute approximate surface area is 173 Å². The van der Waals surface area contributed by atoms with Gasteiger partial charge in [-0.1, -0.05) is 24.3 Å². The minimum atomic E-state index is -2.60. The molecular formula is C22H22F2N4O2. The van der Waals surface area contributed by atoms with E-state index < -0.39 is 5.92 Å². The Morgan fingerprint density at radius 3 is 2.37 bits per heavy atom. The number of halogens is 2. The van der Waals surface area contributed by atoms with E-state index in [0.717, 1.165) is 22.6 Å². The third-order valence-corrected chi connectivity index (χ3v) is 4.92. The van der Waals surface area contributed by atoms with Crippen molar-refractivity contribution >= 4 is 17.4 Å². The number of nitrogens with one attached hydrogen (secondary N) is 1. The van der Waals surface area contributed by atoms with E-state index in [2.05, 4.69) is 10.4 Å². The Balaban J connectivity index is 1.29. The molecule has 3 aromatic rings. The molecule has 8 heteroatoms. The van der Waals surface area contributed by atoms with Gasteiger partial charge in [-0.05, 0) is 35.4 Å². The smallest absolute Gasteiger partial charge is 0.282 e. The number of carbonyl (C=O) groups is 1. The largest absolute Gasteiger partial charge is 0.497 e. The van der Waals surface area contributed by atoms with Crippen molar-refractivity contribution in [2.45, 2.75) is 18.9 Å². The molecule has 6 nitrogen and oxygen atoms in total. The fourth-order valence-electron chi connectivity index (χ4n) is 3.33. The van der Waals surface area contributed by atoms with Crippen LogP contribution in [0.25, 0.3) is 0 Å².